The van der Waals surface area contributed by atoms with Crippen LogP contribution in [-0.4, -0.2) is 23.0 Å². The van der Waals surface area contributed by atoms with Gasteiger partial charge >= 0.3 is 0 Å². The summed E-state index contributed by atoms with van der Waals surface area (Å²) in [6.45, 7) is 5.83. The molecule has 0 bridgehead atoms. The fourth-order valence-corrected chi connectivity index (χ4v) is 4.08. The first-order valence-electron chi connectivity index (χ1n) is 6.50. The summed E-state index contributed by atoms with van der Waals surface area (Å²) in [6.07, 6.45) is 2.72. The summed E-state index contributed by atoms with van der Waals surface area (Å²) >= 11 is 3.50. The highest BCUT2D eigenvalue weighted by Crippen LogP contribution is 2.26. The quantitative estimate of drug-likeness (QED) is 0.840. The molecule has 0 amide bonds. The summed E-state index contributed by atoms with van der Waals surface area (Å²) in [5.74, 6) is 0.841. The molecule has 2 aromatic heterocycles. The molecule has 0 aliphatic carbocycles. The number of piperidine rings is 1. The van der Waals surface area contributed by atoms with Gasteiger partial charge in [0.2, 0.25) is 0 Å². The second-order valence-electron chi connectivity index (χ2n) is 5.14. The first kappa shape index (κ1) is 12.3. The summed E-state index contributed by atoms with van der Waals surface area (Å²) < 4.78 is 0. The third-order valence-electron chi connectivity index (χ3n) is 3.45. The molecule has 0 N–H and O–H groups in total. The molecule has 0 saturated carbocycles. The lowest BCUT2D eigenvalue weighted by molar-refractivity contribution is 0.175. The van der Waals surface area contributed by atoms with Gasteiger partial charge < -0.3 is 0 Å². The predicted molar refractivity (Wildman–Crippen MR) is 79.1 cm³/mol. The first-order valence-corrected chi connectivity index (χ1v) is 8.33. The zero-order valence-corrected chi connectivity index (χ0v) is 12.3. The van der Waals surface area contributed by atoms with Crippen LogP contribution in [-0.2, 0) is 6.54 Å². The zero-order valence-electron chi connectivity index (χ0n) is 10.6. The van der Waals surface area contributed by atoms with Gasteiger partial charge in [-0.25, -0.2) is 4.98 Å². The van der Waals surface area contributed by atoms with Gasteiger partial charge in [-0.3, -0.25) is 4.90 Å². The van der Waals surface area contributed by atoms with E-state index in [1.54, 1.807) is 22.7 Å². The second-order valence-corrected chi connectivity index (χ2v) is 6.78. The predicted octanol–water partition coefficient (Wildman–Crippen LogP) is 4.10. The number of rotatable bonds is 3. The monoisotopic (exact) mass is 278 g/mol. The van der Waals surface area contributed by atoms with Gasteiger partial charge in [0, 0.05) is 29.4 Å². The van der Waals surface area contributed by atoms with Crippen LogP contribution < -0.4 is 0 Å². The molecule has 3 rings (SSSR count). The smallest absolute Gasteiger partial charge is 0.124 e. The maximum absolute atomic E-state index is 4.76. The Hall–Kier alpha value is -0.710. The highest BCUT2D eigenvalue weighted by Gasteiger charge is 2.17. The van der Waals surface area contributed by atoms with Crippen molar-refractivity contribution in [2.24, 2.45) is 5.92 Å². The van der Waals surface area contributed by atoms with Crippen LogP contribution >= 0.6 is 22.7 Å². The molecule has 0 spiro atoms. The lowest BCUT2D eigenvalue weighted by Gasteiger charge is -2.30. The van der Waals surface area contributed by atoms with Gasteiger partial charge in [0.15, 0.2) is 0 Å². The van der Waals surface area contributed by atoms with Gasteiger partial charge in [-0.15, -0.1) is 11.3 Å². The Morgan fingerprint density at radius 3 is 3.17 bits per heavy atom. The van der Waals surface area contributed by atoms with Crippen molar-refractivity contribution >= 4 is 22.7 Å². The largest absolute Gasteiger partial charge is 0.297 e. The van der Waals surface area contributed by atoms with Crippen LogP contribution in [0.5, 0.6) is 0 Å². The molecule has 4 heteroatoms. The Morgan fingerprint density at radius 1 is 1.44 bits per heavy atom. The zero-order chi connectivity index (χ0) is 12.4. The fraction of sp³-hybridized carbons (Fsp3) is 0.500. The molecule has 18 heavy (non-hydrogen) atoms. The maximum atomic E-state index is 4.76. The standard InChI is InChI=1S/C14H18N2S2/c1-11-3-2-5-16(7-11)8-13-10-18-14(15-13)12-4-6-17-9-12/h4,6,9-11H,2-3,5,7-8H2,1H3. The van der Waals surface area contributed by atoms with Crippen molar-refractivity contribution in [3.05, 3.63) is 27.9 Å². The van der Waals surface area contributed by atoms with Crippen molar-refractivity contribution in [2.75, 3.05) is 13.1 Å². The molecular weight excluding hydrogens is 260 g/mol. The fourth-order valence-electron chi connectivity index (χ4n) is 2.56. The van der Waals surface area contributed by atoms with Gasteiger partial charge in [0.25, 0.3) is 0 Å². The van der Waals surface area contributed by atoms with Crippen LogP contribution in [0.4, 0.5) is 0 Å². The van der Waals surface area contributed by atoms with Crippen LogP contribution in [0.3, 0.4) is 0 Å². The SMILES string of the molecule is CC1CCCN(Cc2csc(-c3ccsc3)n2)C1. The summed E-state index contributed by atoms with van der Waals surface area (Å²) in [5.41, 5.74) is 2.50. The van der Waals surface area contributed by atoms with Crippen molar-refractivity contribution in [3.8, 4) is 10.6 Å². The van der Waals surface area contributed by atoms with E-state index in [1.807, 2.05) is 0 Å². The number of thiophene rings is 1. The third-order valence-corrected chi connectivity index (χ3v) is 5.07. The van der Waals surface area contributed by atoms with Gasteiger partial charge in [0.1, 0.15) is 5.01 Å². The van der Waals surface area contributed by atoms with Gasteiger partial charge in [-0.05, 0) is 36.8 Å². The van der Waals surface area contributed by atoms with Gasteiger partial charge in [-0.2, -0.15) is 11.3 Å². The van der Waals surface area contributed by atoms with Crippen molar-refractivity contribution in [3.63, 3.8) is 0 Å². The van der Waals surface area contributed by atoms with Crippen LogP contribution in [0.15, 0.2) is 22.2 Å². The normalized spacial score (nSPS) is 21.3. The van der Waals surface area contributed by atoms with E-state index >= 15 is 0 Å². The summed E-state index contributed by atoms with van der Waals surface area (Å²) in [6, 6.07) is 2.15. The Labute approximate surface area is 116 Å². The summed E-state index contributed by atoms with van der Waals surface area (Å²) in [7, 11) is 0. The van der Waals surface area contributed by atoms with E-state index in [-0.39, 0.29) is 0 Å². The Kier molecular flexibility index (Phi) is 3.77. The average Bonchev–Trinajstić information content (AvgIpc) is 2.98. The average molecular weight is 278 g/mol. The second kappa shape index (κ2) is 5.51. The molecule has 1 aliphatic heterocycles. The van der Waals surface area contributed by atoms with E-state index in [1.165, 1.54) is 37.2 Å². The minimum absolute atomic E-state index is 0.841. The molecular formula is C14H18N2S2. The molecule has 96 valence electrons. The molecule has 1 fully saturated rings. The van der Waals surface area contributed by atoms with Crippen LogP contribution in [0.2, 0.25) is 0 Å². The van der Waals surface area contributed by atoms with Crippen LogP contribution in [0, 0.1) is 5.92 Å². The highest BCUT2D eigenvalue weighted by molar-refractivity contribution is 7.14. The lowest BCUT2D eigenvalue weighted by atomic mass is 10.0. The number of thiazole rings is 1. The molecule has 3 heterocycles. The molecule has 1 saturated heterocycles. The highest BCUT2D eigenvalue weighted by atomic mass is 32.1. The van der Waals surface area contributed by atoms with Crippen LogP contribution in [0.25, 0.3) is 10.6 Å². The summed E-state index contributed by atoms with van der Waals surface area (Å²) in [5, 5.41) is 7.66. The third kappa shape index (κ3) is 2.82. The number of hydrogen-bond acceptors (Lipinski definition) is 4. The molecule has 1 aliphatic rings. The molecule has 0 aromatic carbocycles. The van der Waals surface area contributed by atoms with E-state index in [2.05, 4.69) is 34.0 Å². The molecule has 1 unspecified atom stereocenters. The van der Waals surface area contributed by atoms with Crippen LogP contribution in [0.1, 0.15) is 25.5 Å². The lowest BCUT2D eigenvalue weighted by Crippen LogP contribution is -2.33. The van der Waals surface area contributed by atoms with Crippen molar-refractivity contribution in [1.82, 2.24) is 9.88 Å². The molecule has 1 atom stereocenters. The van der Waals surface area contributed by atoms with E-state index in [0.717, 1.165) is 17.5 Å². The number of aromatic nitrogens is 1. The van der Waals surface area contributed by atoms with Crippen molar-refractivity contribution in [2.45, 2.75) is 26.3 Å². The molecule has 2 aromatic rings. The minimum atomic E-state index is 0.841. The minimum Gasteiger partial charge on any atom is -0.297 e. The number of likely N-dealkylation sites (tertiary alicyclic amines) is 1. The maximum Gasteiger partial charge on any atom is 0.124 e. The Balaban J connectivity index is 1.66. The number of hydrogen-bond donors (Lipinski definition) is 0. The molecule has 2 nitrogen and oxygen atoms in total. The first-order chi connectivity index (χ1) is 8.81. The van der Waals surface area contributed by atoms with E-state index in [9.17, 15) is 0 Å². The van der Waals surface area contributed by atoms with E-state index < -0.39 is 0 Å². The van der Waals surface area contributed by atoms with Crippen molar-refractivity contribution < 1.29 is 0 Å². The van der Waals surface area contributed by atoms with E-state index in [4.69, 9.17) is 4.98 Å². The Morgan fingerprint density at radius 2 is 2.39 bits per heavy atom. The topological polar surface area (TPSA) is 16.1 Å². The van der Waals surface area contributed by atoms with Gasteiger partial charge in [0.05, 0.1) is 5.69 Å². The summed E-state index contributed by atoms with van der Waals surface area (Å²) in [4.78, 5) is 7.30. The Bertz CT molecular complexity index is 490. The van der Waals surface area contributed by atoms with Gasteiger partial charge in [-0.1, -0.05) is 6.92 Å². The molecule has 0 radical (unpaired) electrons. The van der Waals surface area contributed by atoms with Crippen molar-refractivity contribution in [1.29, 1.82) is 0 Å². The van der Waals surface area contributed by atoms with E-state index in [0.29, 0.717) is 0 Å². The number of nitrogens with zero attached hydrogens (tertiary/aromatic N) is 2.